The smallest absolute Gasteiger partial charge is 0.233 e. The molecule has 0 fully saturated rings. The monoisotopic (exact) mass is 492 g/mol. The molecule has 0 aliphatic carbocycles. The minimum atomic E-state index is -1.03. The summed E-state index contributed by atoms with van der Waals surface area (Å²) in [5.74, 6) is 1.69. The lowest BCUT2D eigenvalue weighted by Gasteiger charge is -2.48. The molecule has 6 rings (SSSR count). The molecule has 2 N–H and O–H groups in total. The zero-order valence-electron chi connectivity index (χ0n) is 19.4. The average molecular weight is 493 g/mol. The van der Waals surface area contributed by atoms with Crippen molar-refractivity contribution >= 4 is 24.2 Å². The number of nitrogens with zero attached hydrogens (tertiary/aromatic N) is 2. The van der Waals surface area contributed by atoms with Crippen LogP contribution in [0.25, 0.3) is 0 Å². The van der Waals surface area contributed by atoms with Crippen LogP contribution in [0.5, 0.6) is 17.2 Å². The topological polar surface area (TPSA) is 74.4 Å². The highest BCUT2D eigenvalue weighted by Crippen LogP contribution is 2.56. The number of ether oxygens (including phenoxy) is 1. The number of hydrogen-bond donors (Lipinski definition) is 2. The predicted molar refractivity (Wildman–Crippen MR) is 144 cm³/mol. The summed E-state index contributed by atoms with van der Waals surface area (Å²) < 4.78 is 6.80. The molecule has 2 aliphatic rings. The van der Waals surface area contributed by atoms with Gasteiger partial charge in [0, 0.05) is 45.3 Å². The van der Waals surface area contributed by atoms with E-state index in [1.807, 2.05) is 60.7 Å². The number of phenols is 2. The van der Waals surface area contributed by atoms with Gasteiger partial charge in [-0.05, 0) is 36.4 Å². The van der Waals surface area contributed by atoms with Gasteiger partial charge in [-0.1, -0.05) is 60.7 Å². The summed E-state index contributed by atoms with van der Waals surface area (Å²) >= 11 is 1.77. The van der Waals surface area contributed by atoms with Gasteiger partial charge in [0.1, 0.15) is 17.2 Å². The zero-order chi connectivity index (χ0) is 24.5. The van der Waals surface area contributed by atoms with Crippen LogP contribution in [0, 0.1) is 5.92 Å². The molecular formula is C30H24N2O3S. The van der Waals surface area contributed by atoms with Crippen LogP contribution in [0.15, 0.2) is 112 Å². The van der Waals surface area contributed by atoms with Crippen molar-refractivity contribution < 1.29 is 14.9 Å². The van der Waals surface area contributed by atoms with E-state index < -0.39 is 5.72 Å². The van der Waals surface area contributed by atoms with Gasteiger partial charge < -0.3 is 14.9 Å². The molecule has 0 saturated heterocycles. The molecule has 0 saturated carbocycles. The Balaban J connectivity index is 1.53. The second-order valence-corrected chi connectivity index (χ2v) is 9.91. The van der Waals surface area contributed by atoms with E-state index in [2.05, 4.69) is 12.1 Å². The molecule has 0 bridgehead atoms. The Labute approximate surface area is 213 Å². The van der Waals surface area contributed by atoms with Gasteiger partial charge in [0.25, 0.3) is 0 Å². The minimum Gasteiger partial charge on any atom is -0.507 e. The summed E-state index contributed by atoms with van der Waals surface area (Å²) in [4.78, 5) is 11.2. The first-order chi connectivity index (χ1) is 17.7. The van der Waals surface area contributed by atoms with Crippen LogP contribution in [0.1, 0.15) is 28.3 Å². The van der Waals surface area contributed by atoms with Gasteiger partial charge in [0.15, 0.2) is 0 Å². The number of hydrogen-bond acceptors (Lipinski definition) is 6. The third kappa shape index (κ3) is 3.84. The lowest BCUT2D eigenvalue weighted by molar-refractivity contribution is -0.0119. The Hall–Kier alpha value is -4.03. The van der Waals surface area contributed by atoms with Crippen molar-refractivity contribution in [2.45, 2.75) is 16.7 Å². The summed E-state index contributed by atoms with van der Waals surface area (Å²) in [6, 6.07) is 30.2. The number of benzene rings is 4. The van der Waals surface area contributed by atoms with Gasteiger partial charge in [0.05, 0.1) is 12.0 Å². The lowest BCUT2D eigenvalue weighted by Crippen LogP contribution is -2.48. The zero-order valence-corrected chi connectivity index (χ0v) is 20.2. The lowest BCUT2D eigenvalue weighted by atomic mass is 9.79. The van der Waals surface area contributed by atoms with Crippen LogP contribution >= 0.6 is 11.8 Å². The van der Waals surface area contributed by atoms with Crippen molar-refractivity contribution in [1.82, 2.24) is 0 Å². The van der Waals surface area contributed by atoms with Gasteiger partial charge in [-0.3, -0.25) is 4.99 Å². The Bertz CT molecular complexity index is 1480. The van der Waals surface area contributed by atoms with Gasteiger partial charge in [-0.25, -0.2) is 4.99 Å². The third-order valence-electron chi connectivity index (χ3n) is 6.72. The predicted octanol–water partition coefficient (Wildman–Crippen LogP) is 6.34. The Morgan fingerprint density at radius 3 is 2.19 bits per heavy atom. The molecule has 2 aliphatic heterocycles. The molecular weight excluding hydrogens is 468 g/mol. The molecule has 0 spiro atoms. The van der Waals surface area contributed by atoms with Gasteiger partial charge in [0.2, 0.25) is 5.72 Å². The van der Waals surface area contributed by atoms with Crippen LogP contribution in [0.4, 0.5) is 0 Å². The number of phenolic OH excluding ortho intramolecular Hbond substituents is 2. The van der Waals surface area contributed by atoms with Crippen LogP contribution in [-0.2, 0) is 5.72 Å². The summed E-state index contributed by atoms with van der Waals surface area (Å²) in [6.07, 6.45) is 3.44. The maximum atomic E-state index is 10.4. The third-order valence-corrected chi connectivity index (χ3v) is 7.91. The summed E-state index contributed by atoms with van der Waals surface area (Å²) in [5.41, 5.74) is 2.23. The summed E-state index contributed by atoms with van der Waals surface area (Å²) in [5, 5.41) is 20.7. The molecule has 0 amide bonds. The van der Waals surface area contributed by atoms with Crippen LogP contribution in [-0.4, -0.2) is 28.4 Å². The van der Waals surface area contributed by atoms with E-state index in [0.29, 0.717) is 11.1 Å². The Morgan fingerprint density at radius 1 is 0.778 bits per heavy atom. The molecule has 2 heterocycles. The number of aromatic hydroxyl groups is 2. The number of rotatable bonds is 4. The van der Waals surface area contributed by atoms with E-state index in [1.54, 1.807) is 48.5 Å². The van der Waals surface area contributed by atoms with Gasteiger partial charge in [-0.2, -0.15) is 0 Å². The van der Waals surface area contributed by atoms with Crippen molar-refractivity contribution in [1.29, 1.82) is 0 Å². The normalized spacial score (nSPS) is 22.6. The summed E-state index contributed by atoms with van der Waals surface area (Å²) in [6.45, 7) is 0. The molecule has 0 radical (unpaired) electrons. The molecule has 5 nitrogen and oxygen atoms in total. The second kappa shape index (κ2) is 9.21. The molecule has 0 aromatic heterocycles. The molecule has 36 heavy (non-hydrogen) atoms. The first-order valence-electron chi connectivity index (χ1n) is 11.8. The molecule has 4 aromatic rings. The standard InChI is InChI=1S/C30H24N2O3S/c33-25-13-5-1-9-20(25)17-31-29-22-11-3-7-15-27(22)35-30(32-18-21-10-2-6-14-26(21)34)23-12-4-8-16-28(23)36-19-24(29)30/h1-18,24,29,33-34H,19H2/b31-17?,32-18+. The molecule has 6 heteroatoms. The quantitative estimate of drug-likeness (QED) is 0.326. The van der Waals surface area contributed by atoms with Crippen molar-refractivity contribution in [3.63, 3.8) is 0 Å². The average Bonchev–Trinajstić information content (AvgIpc) is 2.91. The molecule has 178 valence electrons. The maximum absolute atomic E-state index is 10.4. The van der Waals surface area contributed by atoms with Crippen molar-refractivity contribution in [2.75, 3.05) is 5.75 Å². The number of para-hydroxylation sites is 3. The number of thioether (sulfide) groups is 1. The van der Waals surface area contributed by atoms with E-state index in [4.69, 9.17) is 14.7 Å². The fourth-order valence-electron chi connectivity index (χ4n) is 4.91. The van der Waals surface area contributed by atoms with Crippen LogP contribution < -0.4 is 4.74 Å². The van der Waals surface area contributed by atoms with E-state index in [-0.39, 0.29) is 23.5 Å². The Kier molecular flexibility index (Phi) is 5.74. The molecule has 3 unspecified atom stereocenters. The highest BCUT2D eigenvalue weighted by atomic mass is 32.2. The fraction of sp³-hybridized carbons (Fsp3) is 0.133. The highest BCUT2D eigenvalue weighted by Gasteiger charge is 2.54. The van der Waals surface area contributed by atoms with Crippen LogP contribution in [0.3, 0.4) is 0 Å². The Morgan fingerprint density at radius 2 is 1.42 bits per heavy atom. The van der Waals surface area contributed by atoms with Gasteiger partial charge in [-0.15, -0.1) is 11.8 Å². The number of fused-ring (bicyclic) bond motifs is 4. The van der Waals surface area contributed by atoms with E-state index >= 15 is 0 Å². The SMILES string of the molecule is Oc1ccccc1C=NC1c2ccccc2OC2(/N=C/c3ccccc3O)c3ccccc3SCC12. The van der Waals surface area contributed by atoms with Gasteiger partial charge >= 0.3 is 0 Å². The van der Waals surface area contributed by atoms with E-state index in [0.717, 1.165) is 27.5 Å². The highest BCUT2D eigenvalue weighted by molar-refractivity contribution is 7.99. The minimum absolute atomic E-state index is 0.128. The van der Waals surface area contributed by atoms with Crippen molar-refractivity contribution in [3.05, 3.63) is 119 Å². The first-order valence-corrected chi connectivity index (χ1v) is 12.8. The van der Waals surface area contributed by atoms with E-state index in [1.165, 1.54) is 0 Å². The second-order valence-electron chi connectivity index (χ2n) is 8.85. The fourth-order valence-corrected chi connectivity index (χ4v) is 6.23. The van der Waals surface area contributed by atoms with Crippen molar-refractivity contribution in [3.8, 4) is 17.2 Å². The largest absolute Gasteiger partial charge is 0.507 e. The maximum Gasteiger partial charge on any atom is 0.233 e. The van der Waals surface area contributed by atoms with E-state index in [9.17, 15) is 10.2 Å². The summed E-state index contributed by atoms with van der Waals surface area (Å²) in [7, 11) is 0. The number of aliphatic imine (C=N–C) groups is 2. The van der Waals surface area contributed by atoms with Crippen molar-refractivity contribution in [2.24, 2.45) is 15.9 Å². The van der Waals surface area contributed by atoms with Crippen LogP contribution in [0.2, 0.25) is 0 Å². The molecule has 3 atom stereocenters. The first kappa shape index (κ1) is 22.4. The molecule has 4 aromatic carbocycles.